The van der Waals surface area contributed by atoms with Crippen LogP contribution in [0.1, 0.15) is 37.3 Å². The van der Waals surface area contributed by atoms with Crippen molar-refractivity contribution in [1.82, 2.24) is 0 Å². The van der Waals surface area contributed by atoms with Crippen LogP contribution >= 0.6 is 0 Å². The number of rotatable bonds is 5. The predicted molar refractivity (Wildman–Crippen MR) is 120 cm³/mol. The molecule has 0 atom stereocenters. The summed E-state index contributed by atoms with van der Waals surface area (Å²) in [6.07, 6.45) is 6.24. The molecule has 0 saturated heterocycles. The van der Waals surface area contributed by atoms with Crippen LogP contribution in [-0.2, 0) is 14.3 Å². The summed E-state index contributed by atoms with van der Waals surface area (Å²) in [5.74, 6) is 0.885. The molecule has 1 aliphatic carbocycles. The van der Waals surface area contributed by atoms with Gasteiger partial charge in [-0.1, -0.05) is 60.7 Å². The normalized spacial score (nSPS) is 16.1. The Labute approximate surface area is 182 Å². The maximum absolute atomic E-state index is 12.2. The van der Waals surface area contributed by atoms with Crippen molar-refractivity contribution in [3.63, 3.8) is 0 Å². The summed E-state index contributed by atoms with van der Waals surface area (Å²) >= 11 is 0. The molecule has 2 aromatic carbocycles. The van der Waals surface area contributed by atoms with Gasteiger partial charge in [0.05, 0.1) is 6.61 Å². The molecule has 0 bridgehead atoms. The molecule has 0 unspecified atom stereocenters. The van der Waals surface area contributed by atoms with Crippen molar-refractivity contribution in [2.45, 2.75) is 26.2 Å². The molecule has 0 amide bonds. The average molecular weight is 409 g/mol. The van der Waals surface area contributed by atoms with E-state index in [1.165, 1.54) is 0 Å². The van der Waals surface area contributed by atoms with E-state index >= 15 is 0 Å². The van der Waals surface area contributed by atoms with Crippen LogP contribution in [0.4, 0.5) is 0 Å². The van der Waals surface area contributed by atoms with E-state index in [4.69, 9.17) is 9.47 Å². The number of fused-ring (bicyclic) bond motifs is 1. The smallest absolute Gasteiger partial charge is 0.348 e. The molecule has 154 valence electrons. The number of nitrogens with zero attached hydrogens (tertiary/aromatic N) is 1. The first kappa shape index (κ1) is 20.4. The molecular weight excluding hydrogens is 386 g/mol. The van der Waals surface area contributed by atoms with E-state index in [0.717, 1.165) is 58.6 Å². The van der Waals surface area contributed by atoms with Gasteiger partial charge in [0.1, 0.15) is 23.2 Å². The fourth-order valence-electron chi connectivity index (χ4n) is 3.90. The van der Waals surface area contributed by atoms with Gasteiger partial charge in [-0.05, 0) is 55.0 Å². The number of hydrogen-bond acceptors (Lipinski definition) is 4. The fraction of sp³-hybridized carbons (Fsp3) is 0.185. The van der Waals surface area contributed by atoms with Crippen LogP contribution in [0, 0.1) is 11.3 Å². The Morgan fingerprint density at radius 1 is 1.06 bits per heavy atom. The van der Waals surface area contributed by atoms with Crippen LogP contribution in [0.15, 0.2) is 95.3 Å². The lowest BCUT2D eigenvalue weighted by Gasteiger charge is -2.29. The maximum atomic E-state index is 12.2. The van der Waals surface area contributed by atoms with Crippen LogP contribution in [0.5, 0.6) is 0 Å². The SMILES string of the molecule is CCOC(=O)/C(C#N)=C/C1=C2OC(c3ccccc3)=CC(c3ccccc3)=C2CCC1. The predicted octanol–water partition coefficient (Wildman–Crippen LogP) is 5.96. The van der Waals surface area contributed by atoms with Gasteiger partial charge in [-0.25, -0.2) is 4.79 Å². The Bertz CT molecular complexity index is 1150. The van der Waals surface area contributed by atoms with E-state index < -0.39 is 5.97 Å². The van der Waals surface area contributed by atoms with E-state index in [2.05, 4.69) is 18.2 Å². The van der Waals surface area contributed by atoms with Gasteiger partial charge in [-0.2, -0.15) is 5.26 Å². The van der Waals surface area contributed by atoms with E-state index in [0.29, 0.717) is 0 Å². The van der Waals surface area contributed by atoms with Gasteiger partial charge < -0.3 is 9.47 Å². The molecule has 0 aromatic heterocycles. The van der Waals surface area contributed by atoms with Crippen LogP contribution in [0.2, 0.25) is 0 Å². The quantitative estimate of drug-likeness (QED) is 0.347. The molecule has 1 heterocycles. The van der Waals surface area contributed by atoms with Gasteiger partial charge in [0.15, 0.2) is 0 Å². The monoisotopic (exact) mass is 409 g/mol. The minimum atomic E-state index is -0.605. The van der Waals surface area contributed by atoms with Crippen molar-refractivity contribution in [2.75, 3.05) is 6.61 Å². The highest BCUT2D eigenvalue weighted by molar-refractivity contribution is 5.94. The third-order valence-corrected chi connectivity index (χ3v) is 5.33. The molecule has 0 radical (unpaired) electrons. The number of hydrogen-bond donors (Lipinski definition) is 0. The lowest BCUT2D eigenvalue weighted by Crippen LogP contribution is -2.13. The van der Waals surface area contributed by atoms with E-state index in [1.54, 1.807) is 13.0 Å². The van der Waals surface area contributed by atoms with Crippen LogP contribution in [0.25, 0.3) is 11.3 Å². The number of carbonyl (C=O) groups excluding carboxylic acids is 1. The zero-order valence-corrected chi connectivity index (χ0v) is 17.4. The van der Waals surface area contributed by atoms with Gasteiger partial charge in [-0.15, -0.1) is 0 Å². The summed E-state index contributed by atoms with van der Waals surface area (Å²) in [6, 6.07) is 22.2. The van der Waals surface area contributed by atoms with Gasteiger partial charge >= 0.3 is 5.97 Å². The van der Waals surface area contributed by atoms with Crippen molar-refractivity contribution in [3.8, 4) is 6.07 Å². The molecule has 0 saturated carbocycles. The Balaban J connectivity index is 1.88. The fourth-order valence-corrected chi connectivity index (χ4v) is 3.90. The van der Waals surface area contributed by atoms with Crippen molar-refractivity contribution in [3.05, 3.63) is 106 Å². The van der Waals surface area contributed by atoms with Crippen LogP contribution < -0.4 is 0 Å². The molecule has 31 heavy (non-hydrogen) atoms. The summed E-state index contributed by atoms with van der Waals surface area (Å²) in [4.78, 5) is 12.2. The number of esters is 1. The Morgan fingerprint density at radius 2 is 1.74 bits per heavy atom. The number of allylic oxidation sites excluding steroid dienone is 5. The Morgan fingerprint density at radius 3 is 2.39 bits per heavy atom. The first-order chi connectivity index (χ1) is 15.2. The topological polar surface area (TPSA) is 59.3 Å². The first-order valence-corrected chi connectivity index (χ1v) is 10.5. The van der Waals surface area contributed by atoms with E-state index in [9.17, 15) is 10.1 Å². The molecule has 4 heteroatoms. The van der Waals surface area contributed by atoms with Crippen molar-refractivity contribution in [1.29, 1.82) is 5.26 Å². The largest absolute Gasteiger partial charge is 0.462 e. The molecule has 0 N–H and O–H groups in total. The molecule has 4 nitrogen and oxygen atoms in total. The Kier molecular flexibility index (Phi) is 6.14. The number of nitriles is 1. The molecule has 2 aromatic rings. The molecule has 0 spiro atoms. The zero-order chi connectivity index (χ0) is 21.6. The molecule has 2 aliphatic rings. The summed E-state index contributed by atoms with van der Waals surface area (Å²) in [6.45, 7) is 1.95. The molecular formula is C27H23NO3. The summed E-state index contributed by atoms with van der Waals surface area (Å²) in [5, 5.41) is 9.50. The van der Waals surface area contributed by atoms with Gasteiger partial charge in [0, 0.05) is 11.1 Å². The van der Waals surface area contributed by atoms with Crippen LogP contribution in [-0.4, -0.2) is 12.6 Å². The van der Waals surface area contributed by atoms with Crippen molar-refractivity contribution >= 4 is 17.3 Å². The third kappa shape index (κ3) is 4.36. The minimum Gasteiger partial charge on any atom is -0.462 e. The third-order valence-electron chi connectivity index (χ3n) is 5.33. The maximum Gasteiger partial charge on any atom is 0.348 e. The second-order valence-electron chi connectivity index (χ2n) is 7.33. The number of benzene rings is 2. The standard InChI is InChI=1S/C27H23NO3/c1-2-30-27(29)22(18-28)16-21-14-9-15-23-24(19-10-5-3-6-11-19)17-25(31-26(21)23)20-12-7-4-8-13-20/h3-8,10-13,16-17H,2,9,14-15H2,1H3/b22-16+. The highest BCUT2D eigenvalue weighted by atomic mass is 16.5. The lowest BCUT2D eigenvalue weighted by molar-refractivity contribution is -0.138. The second kappa shape index (κ2) is 9.32. The highest BCUT2D eigenvalue weighted by Crippen LogP contribution is 2.43. The van der Waals surface area contributed by atoms with Gasteiger partial charge in [-0.3, -0.25) is 0 Å². The Hall–Kier alpha value is -3.84. The van der Waals surface area contributed by atoms with E-state index in [1.807, 2.05) is 54.6 Å². The molecule has 1 aliphatic heterocycles. The first-order valence-electron chi connectivity index (χ1n) is 10.5. The number of ether oxygens (including phenoxy) is 2. The second-order valence-corrected chi connectivity index (χ2v) is 7.33. The summed E-state index contributed by atoms with van der Waals surface area (Å²) < 4.78 is 11.4. The lowest BCUT2D eigenvalue weighted by atomic mass is 9.85. The van der Waals surface area contributed by atoms with Crippen molar-refractivity contribution < 1.29 is 14.3 Å². The molecule has 0 fully saturated rings. The molecule has 4 rings (SSSR count). The summed E-state index contributed by atoms with van der Waals surface area (Å²) in [5.41, 5.74) is 5.14. The van der Waals surface area contributed by atoms with Crippen molar-refractivity contribution in [2.24, 2.45) is 0 Å². The van der Waals surface area contributed by atoms with Gasteiger partial charge in [0.2, 0.25) is 0 Å². The minimum absolute atomic E-state index is 0.00808. The van der Waals surface area contributed by atoms with Crippen LogP contribution in [0.3, 0.4) is 0 Å². The summed E-state index contributed by atoms with van der Waals surface area (Å²) in [7, 11) is 0. The zero-order valence-electron chi connectivity index (χ0n) is 17.4. The number of carbonyl (C=O) groups is 1. The average Bonchev–Trinajstić information content (AvgIpc) is 2.83. The van der Waals surface area contributed by atoms with E-state index in [-0.39, 0.29) is 12.2 Å². The highest BCUT2D eigenvalue weighted by Gasteiger charge is 2.28. The van der Waals surface area contributed by atoms with Gasteiger partial charge in [0.25, 0.3) is 0 Å².